The van der Waals surface area contributed by atoms with Crippen molar-refractivity contribution in [1.82, 2.24) is 4.90 Å². The highest BCUT2D eigenvalue weighted by atomic mass is 19.1. The molecule has 0 spiro atoms. The number of halogens is 1. The van der Waals surface area contributed by atoms with Crippen LogP contribution in [-0.4, -0.2) is 23.7 Å². The SMILES string of the molecule is CC1CCCN(C(C)(N)Cc2cccc(F)c2)C1. The van der Waals surface area contributed by atoms with Crippen molar-refractivity contribution in [2.45, 2.75) is 38.8 Å². The minimum Gasteiger partial charge on any atom is -0.313 e. The Morgan fingerprint density at radius 3 is 2.94 bits per heavy atom. The highest BCUT2D eigenvalue weighted by Gasteiger charge is 2.30. The first-order valence-electron chi connectivity index (χ1n) is 6.76. The van der Waals surface area contributed by atoms with E-state index in [0.717, 1.165) is 18.7 Å². The van der Waals surface area contributed by atoms with Gasteiger partial charge in [-0.15, -0.1) is 0 Å². The lowest BCUT2D eigenvalue weighted by Crippen LogP contribution is -2.58. The van der Waals surface area contributed by atoms with Crippen LogP contribution < -0.4 is 5.73 Å². The first kappa shape index (κ1) is 13.5. The van der Waals surface area contributed by atoms with Gasteiger partial charge in [0.25, 0.3) is 0 Å². The molecule has 1 aliphatic rings. The third-order valence-electron chi connectivity index (χ3n) is 3.83. The summed E-state index contributed by atoms with van der Waals surface area (Å²) in [5, 5.41) is 0. The summed E-state index contributed by atoms with van der Waals surface area (Å²) in [6.45, 7) is 6.41. The first-order chi connectivity index (χ1) is 8.47. The predicted octanol–water partition coefficient (Wildman–Crippen LogP) is 2.78. The zero-order chi connectivity index (χ0) is 13.2. The zero-order valence-corrected chi connectivity index (χ0v) is 11.3. The third-order valence-corrected chi connectivity index (χ3v) is 3.83. The molecule has 1 fully saturated rings. The van der Waals surface area contributed by atoms with Crippen LogP contribution in [0.1, 0.15) is 32.3 Å². The van der Waals surface area contributed by atoms with Crippen molar-refractivity contribution in [3.8, 4) is 0 Å². The van der Waals surface area contributed by atoms with E-state index in [1.54, 1.807) is 12.1 Å². The van der Waals surface area contributed by atoms with Gasteiger partial charge in [-0.25, -0.2) is 4.39 Å². The molecule has 1 aromatic carbocycles. The van der Waals surface area contributed by atoms with Crippen molar-refractivity contribution in [1.29, 1.82) is 0 Å². The van der Waals surface area contributed by atoms with E-state index in [0.29, 0.717) is 12.3 Å². The fourth-order valence-corrected chi connectivity index (χ4v) is 2.83. The molecule has 0 radical (unpaired) electrons. The standard InChI is InChI=1S/C15H23FN2/c1-12-5-4-8-18(11-12)15(2,17)10-13-6-3-7-14(16)9-13/h3,6-7,9,12H,4-5,8,10-11,17H2,1-2H3. The van der Waals surface area contributed by atoms with Crippen LogP contribution in [-0.2, 0) is 6.42 Å². The molecule has 1 saturated heterocycles. The normalized spacial score (nSPS) is 24.8. The second kappa shape index (κ2) is 5.37. The lowest BCUT2D eigenvalue weighted by Gasteiger charge is -2.42. The van der Waals surface area contributed by atoms with Crippen molar-refractivity contribution in [2.24, 2.45) is 11.7 Å². The van der Waals surface area contributed by atoms with Gasteiger partial charge in [-0.05, 0) is 49.9 Å². The lowest BCUT2D eigenvalue weighted by molar-refractivity contribution is 0.0627. The fraction of sp³-hybridized carbons (Fsp3) is 0.600. The zero-order valence-electron chi connectivity index (χ0n) is 11.3. The van der Waals surface area contributed by atoms with E-state index in [1.165, 1.54) is 18.9 Å². The van der Waals surface area contributed by atoms with Crippen LogP contribution in [0.25, 0.3) is 0 Å². The number of rotatable bonds is 3. The molecular weight excluding hydrogens is 227 g/mol. The van der Waals surface area contributed by atoms with Gasteiger partial charge in [-0.3, -0.25) is 4.90 Å². The van der Waals surface area contributed by atoms with Crippen LogP contribution in [0, 0.1) is 11.7 Å². The molecule has 2 unspecified atom stereocenters. The van der Waals surface area contributed by atoms with Gasteiger partial charge >= 0.3 is 0 Å². The number of likely N-dealkylation sites (tertiary alicyclic amines) is 1. The molecular formula is C15H23FN2. The van der Waals surface area contributed by atoms with Crippen molar-refractivity contribution >= 4 is 0 Å². The molecule has 2 atom stereocenters. The van der Waals surface area contributed by atoms with Crippen molar-refractivity contribution < 1.29 is 4.39 Å². The highest BCUT2D eigenvalue weighted by Crippen LogP contribution is 2.23. The second-order valence-electron chi connectivity index (χ2n) is 5.86. The van der Waals surface area contributed by atoms with Gasteiger partial charge in [0.15, 0.2) is 0 Å². The Morgan fingerprint density at radius 2 is 2.28 bits per heavy atom. The fourth-order valence-electron chi connectivity index (χ4n) is 2.83. The number of nitrogens with two attached hydrogens (primary N) is 1. The van der Waals surface area contributed by atoms with Gasteiger partial charge in [0, 0.05) is 13.0 Å². The smallest absolute Gasteiger partial charge is 0.123 e. The van der Waals surface area contributed by atoms with E-state index in [-0.39, 0.29) is 11.5 Å². The van der Waals surface area contributed by atoms with Gasteiger partial charge in [-0.2, -0.15) is 0 Å². The van der Waals surface area contributed by atoms with Gasteiger partial charge in [0.05, 0.1) is 5.66 Å². The maximum absolute atomic E-state index is 13.2. The largest absolute Gasteiger partial charge is 0.313 e. The number of benzene rings is 1. The molecule has 0 amide bonds. The van der Waals surface area contributed by atoms with Crippen LogP contribution in [0.2, 0.25) is 0 Å². The first-order valence-corrected chi connectivity index (χ1v) is 6.76. The Hall–Kier alpha value is -0.930. The maximum atomic E-state index is 13.2. The summed E-state index contributed by atoms with van der Waals surface area (Å²) < 4.78 is 13.2. The van der Waals surface area contributed by atoms with Crippen LogP contribution in [0.3, 0.4) is 0 Å². The van der Waals surface area contributed by atoms with E-state index >= 15 is 0 Å². The maximum Gasteiger partial charge on any atom is 0.123 e. The summed E-state index contributed by atoms with van der Waals surface area (Å²) in [7, 11) is 0. The highest BCUT2D eigenvalue weighted by molar-refractivity contribution is 5.18. The molecule has 2 rings (SSSR count). The van der Waals surface area contributed by atoms with Crippen LogP contribution in [0.4, 0.5) is 4.39 Å². The minimum atomic E-state index is -0.386. The number of hydrogen-bond donors (Lipinski definition) is 1. The summed E-state index contributed by atoms with van der Waals surface area (Å²) in [6, 6.07) is 6.75. The average molecular weight is 250 g/mol. The predicted molar refractivity (Wildman–Crippen MR) is 72.7 cm³/mol. The number of piperidine rings is 1. The van der Waals surface area contributed by atoms with Crippen molar-refractivity contribution in [3.05, 3.63) is 35.6 Å². The van der Waals surface area contributed by atoms with Crippen LogP contribution in [0.15, 0.2) is 24.3 Å². The van der Waals surface area contributed by atoms with Crippen LogP contribution >= 0.6 is 0 Å². The van der Waals surface area contributed by atoms with Gasteiger partial charge in [0.1, 0.15) is 5.82 Å². The van der Waals surface area contributed by atoms with Gasteiger partial charge in [0.2, 0.25) is 0 Å². The summed E-state index contributed by atoms with van der Waals surface area (Å²) in [4.78, 5) is 2.34. The summed E-state index contributed by atoms with van der Waals surface area (Å²) in [5.41, 5.74) is 7.02. The summed E-state index contributed by atoms with van der Waals surface area (Å²) in [6.07, 6.45) is 3.18. The van der Waals surface area contributed by atoms with E-state index < -0.39 is 0 Å². The molecule has 0 aliphatic carbocycles. The summed E-state index contributed by atoms with van der Waals surface area (Å²) in [5.74, 6) is 0.518. The third kappa shape index (κ3) is 3.30. The average Bonchev–Trinajstić information content (AvgIpc) is 2.28. The molecule has 0 aromatic heterocycles. The number of hydrogen-bond acceptors (Lipinski definition) is 2. The summed E-state index contributed by atoms with van der Waals surface area (Å²) >= 11 is 0. The molecule has 100 valence electrons. The molecule has 18 heavy (non-hydrogen) atoms. The van der Waals surface area contributed by atoms with E-state index in [4.69, 9.17) is 5.73 Å². The molecule has 0 bridgehead atoms. The van der Waals surface area contributed by atoms with Gasteiger partial charge in [-0.1, -0.05) is 19.1 Å². The molecule has 1 heterocycles. The molecule has 2 N–H and O–H groups in total. The van der Waals surface area contributed by atoms with Gasteiger partial charge < -0.3 is 5.73 Å². The minimum absolute atomic E-state index is 0.185. The molecule has 1 aromatic rings. The van der Waals surface area contributed by atoms with Crippen LogP contribution in [0.5, 0.6) is 0 Å². The van der Waals surface area contributed by atoms with Crippen molar-refractivity contribution in [2.75, 3.05) is 13.1 Å². The molecule has 3 heteroatoms. The Balaban J connectivity index is 2.06. The van der Waals surface area contributed by atoms with Crippen molar-refractivity contribution in [3.63, 3.8) is 0 Å². The Morgan fingerprint density at radius 1 is 1.50 bits per heavy atom. The number of nitrogens with zero attached hydrogens (tertiary/aromatic N) is 1. The Bertz CT molecular complexity index is 403. The monoisotopic (exact) mass is 250 g/mol. The second-order valence-corrected chi connectivity index (χ2v) is 5.86. The van der Waals surface area contributed by atoms with E-state index in [9.17, 15) is 4.39 Å². The molecule has 1 aliphatic heterocycles. The lowest BCUT2D eigenvalue weighted by atomic mass is 9.94. The molecule has 2 nitrogen and oxygen atoms in total. The quantitative estimate of drug-likeness (QED) is 0.894. The van der Waals surface area contributed by atoms with E-state index in [1.807, 2.05) is 6.07 Å². The Labute approximate surface area is 109 Å². The van der Waals surface area contributed by atoms with E-state index in [2.05, 4.69) is 18.7 Å². The molecule has 0 saturated carbocycles. The topological polar surface area (TPSA) is 29.3 Å². The Kier molecular flexibility index (Phi) is 4.03.